The van der Waals surface area contributed by atoms with E-state index in [1.165, 1.54) is 51.4 Å². The molecule has 1 heteroatoms. The molecule has 0 heterocycles. The summed E-state index contributed by atoms with van der Waals surface area (Å²) in [4.78, 5) is 0. The van der Waals surface area contributed by atoms with Gasteiger partial charge in [0.15, 0.2) is 0 Å². The second-order valence-electron chi connectivity index (χ2n) is 5.96. The maximum atomic E-state index is 3.55. The molecule has 0 amide bonds. The lowest BCUT2D eigenvalue weighted by Gasteiger charge is -2.36. The highest BCUT2D eigenvalue weighted by molar-refractivity contribution is 4.85. The highest BCUT2D eigenvalue weighted by atomic mass is 14.9. The van der Waals surface area contributed by atoms with E-state index in [9.17, 15) is 0 Å². The third kappa shape index (κ3) is 2.96. The van der Waals surface area contributed by atoms with Crippen molar-refractivity contribution in [3.05, 3.63) is 0 Å². The van der Waals surface area contributed by atoms with Crippen LogP contribution in [0.3, 0.4) is 0 Å². The van der Waals surface area contributed by atoms with Crippen LogP contribution < -0.4 is 5.32 Å². The zero-order chi connectivity index (χ0) is 10.7. The SMILES string of the molecule is CNC1CCC(C)CC1CC1CCCC1. The smallest absolute Gasteiger partial charge is 0.00926 e. The van der Waals surface area contributed by atoms with Gasteiger partial charge in [-0.25, -0.2) is 0 Å². The fourth-order valence-electron chi connectivity index (χ4n) is 3.81. The summed E-state index contributed by atoms with van der Waals surface area (Å²) in [5, 5.41) is 3.55. The van der Waals surface area contributed by atoms with Crippen molar-refractivity contribution in [1.82, 2.24) is 5.32 Å². The molecule has 0 aliphatic heterocycles. The Morgan fingerprint density at radius 2 is 1.80 bits per heavy atom. The molecular formula is C14H27N. The fourth-order valence-corrected chi connectivity index (χ4v) is 3.81. The highest BCUT2D eigenvalue weighted by Crippen LogP contribution is 2.37. The molecule has 0 aromatic heterocycles. The Kier molecular flexibility index (Phi) is 4.07. The predicted octanol–water partition coefficient (Wildman–Crippen LogP) is 3.59. The Labute approximate surface area is 95.0 Å². The molecule has 2 aliphatic rings. The molecule has 0 radical (unpaired) electrons. The molecule has 3 atom stereocenters. The van der Waals surface area contributed by atoms with Crippen LogP contribution in [0.2, 0.25) is 0 Å². The van der Waals surface area contributed by atoms with Crippen LogP contribution in [-0.4, -0.2) is 13.1 Å². The van der Waals surface area contributed by atoms with Crippen molar-refractivity contribution in [2.75, 3.05) is 7.05 Å². The average Bonchev–Trinajstić information content (AvgIpc) is 2.71. The normalized spacial score (nSPS) is 38.4. The zero-order valence-electron chi connectivity index (χ0n) is 10.5. The maximum absolute atomic E-state index is 3.55. The third-order valence-electron chi connectivity index (χ3n) is 4.73. The van der Waals surface area contributed by atoms with E-state index >= 15 is 0 Å². The van der Waals surface area contributed by atoms with E-state index in [4.69, 9.17) is 0 Å². The molecule has 3 unspecified atom stereocenters. The number of nitrogens with one attached hydrogen (secondary N) is 1. The van der Waals surface area contributed by atoms with Gasteiger partial charge >= 0.3 is 0 Å². The van der Waals surface area contributed by atoms with Gasteiger partial charge in [-0.3, -0.25) is 0 Å². The first-order chi connectivity index (χ1) is 7.29. The number of hydrogen-bond acceptors (Lipinski definition) is 1. The third-order valence-corrected chi connectivity index (χ3v) is 4.73. The Bertz CT molecular complexity index is 184. The molecule has 2 fully saturated rings. The minimum absolute atomic E-state index is 0.821. The summed E-state index contributed by atoms with van der Waals surface area (Å²) in [6.45, 7) is 2.44. The largest absolute Gasteiger partial charge is 0.317 e. The standard InChI is InChI=1S/C14H27N/c1-11-7-8-14(15-2)13(9-11)10-12-5-3-4-6-12/h11-15H,3-10H2,1-2H3. The Hall–Kier alpha value is -0.0400. The first-order valence-electron chi connectivity index (χ1n) is 6.97. The molecule has 2 saturated carbocycles. The average molecular weight is 209 g/mol. The van der Waals surface area contributed by atoms with Gasteiger partial charge in [-0.15, -0.1) is 0 Å². The zero-order valence-corrected chi connectivity index (χ0v) is 10.5. The first-order valence-corrected chi connectivity index (χ1v) is 6.97. The quantitative estimate of drug-likeness (QED) is 0.749. The van der Waals surface area contributed by atoms with Gasteiger partial charge in [-0.05, 0) is 50.5 Å². The summed E-state index contributed by atoms with van der Waals surface area (Å²) in [7, 11) is 2.16. The lowest BCUT2D eigenvalue weighted by atomic mass is 9.74. The Morgan fingerprint density at radius 3 is 2.47 bits per heavy atom. The molecule has 0 aromatic carbocycles. The minimum atomic E-state index is 0.821. The first kappa shape index (κ1) is 11.4. The molecule has 0 bridgehead atoms. The lowest BCUT2D eigenvalue weighted by Crippen LogP contribution is -2.39. The van der Waals surface area contributed by atoms with Gasteiger partial charge in [0.05, 0.1) is 0 Å². The summed E-state index contributed by atoms with van der Waals surface area (Å²) in [6, 6.07) is 0.821. The molecule has 0 saturated heterocycles. The van der Waals surface area contributed by atoms with E-state index in [0.717, 1.165) is 23.8 Å². The van der Waals surface area contributed by atoms with Crippen molar-refractivity contribution in [3.63, 3.8) is 0 Å². The van der Waals surface area contributed by atoms with Crippen LogP contribution in [0, 0.1) is 17.8 Å². The van der Waals surface area contributed by atoms with Gasteiger partial charge in [0.25, 0.3) is 0 Å². The van der Waals surface area contributed by atoms with Crippen LogP contribution in [0.5, 0.6) is 0 Å². The number of hydrogen-bond donors (Lipinski definition) is 1. The maximum Gasteiger partial charge on any atom is 0.00926 e. The van der Waals surface area contributed by atoms with E-state index in [-0.39, 0.29) is 0 Å². The van der Waals surface area contributed by atoms with Crippen LogP contribution in [0.4, 0.5) is 0 Å². The van der Waals surface area contributed by atoms with Gasteiger partial charge < -0.3 is 5.32 Å². The molecule has 1 nitrogen and oxygen atoms in total. The van der Waals surface area contributed by atoms with Crippen molar-refractivity contribution < 1.29 is 0 Å². The number of rotatable bonds is 3. The topological polar surface area (TPSA) is 12.0 Å². The molecule has 88 valence electrons. The summed E-state index contributed by atoms with van der Waals surface area (Å²) in [6.07, 6.45) is 11.9. The van der Waals surface area contributed by atoms with Crippen LogP contribution in [0.25, 0.3) is 0 Å². The van der Waals surface area contributed by atoms with Crippen molar-refractivity contribution in [2.45, 2.75) is 64.3 Å². The summed E-state index contributed by atoms with van der Waals surface area (Å²) in [5.41, 5.74) is 0. The van der Waals surface area contributed by atoms with E-state index in [1.807, 2.05) is 0 Å². The summed E-state index contributed by atoms with van der Waals surface area (Å²) >= 11 is 0. The molecule has 0 spiro atoms. The van der Waals surface area contributed by atoms with Gasteiger partial charge in [0, 0.05) is 6.04 Å². The molecule has 15 heavy (non-hydrogen) atoms. The van der Waals surface area contributed by atoms with Crippen molar-refractivity contribution in [3.8, 4) is 0 Å². The van der Waals surface area contributed by atoms with Crippen molar-refractivity contribution >= 4 is 0 Å². The van der Waals surface area contributed by atoms with Crippen LogP contribution in [0.15, 0.2) is 0 Å². The van der Waals surface area contributed by atoms with Gasteiger partial charge in [-0.2, -0.15) is 0 Å². The van der Waals surface area contributed by atoms with Crippen LogP contribution in [0.1, 0.15) is 58.3 Å². The van der Waals surface area contributed by atoms with E-state index < -0.39 is 0 Å². The van der Waals surface area contributed by atoms with Crippen LogP contribution in [-0.2, 0) is 0 Å². The molecule has 1 N–H and O–H groups in total. The van der Waals surface area contributed by atoms with Gasteiger partial charge in [0.1, 0.15) is 0 Å². The van der Waals surface area contributed by atoms with Crippen LogP contribution >= 0.6 is 0 Å². The van der Waals surface area contributed by atoms with Crippen molar-refractivity contribution in [1.29, 1.82) is 0 Å². The minimum Gasteiger partial charge on any atom is -0.317 e. The summed E-state index contributed by atoms with van der Waals surface area (Å²) < 4.78 is 0. The van der Waals surface area contributed by atoms with E-state index in [2.05, 4.69) is 19.3 Å². The highest BCUT2D eigenvalue weighted by Gasteiger charge is 2.30. The van der Waals surface area contributed by atoms with E-state index in [0.29, 0.717) is 0 Å². The Balaban J connectivity index is 1.85. The second kappa shape index (κ2) is 5.34. The lowest BCUT2D eigenvalue weighted by molar-refractivity contribution is 0.188. The van der Waals surface area contributed by atoms with Gasteiger partial charge in [-0.1, -0.05) is 32.6 Å². The molecule has 0 aromatic rings. The summed E-state index contributed by atoms with van der Waals surface area (Å²) in [5.74, 6) is 3.01. The molecule has 2 aliphatic carbocycles. The van der Waals surface area contributed by atoms with Gasteiger partial charge in [0.2, 0.25) is 0 Å². The Morgan fingerprint density at radius 1 is 1.07 bits per heavy atom. The van der Waals surface area contributed by atoms with E-state index in [1.54, 1.807) is 0 Å². The van der Waals surface area contributed by atoms with Crippen molar-refractivity contribution in [2.24, 2.45) is 17.8 Å². The fraction of sp³-hybridized carbons (Fsp3) is 1.00. The molecule has 2 rings (SSSR count). The molecular weight excluding hydrogens is 182 g/mol. The monoisotopic (exact) mass is 209 g/mol. The predicted molar refractivity (Wildman–Crippen MR) is 65.9 cm³/mol. The second-order valence-corrected chi connectivity index (χ2v) is 5.96.